The molecule has 0 saturated heterocycles. The Bertz CT molecular complexity index is 453. The molecule has 2 aliphatic carbocycles. The summed E-state index contributed by atoms with van der Waals surface area (Å²) in [5.74, 6) is 3.48. The summed E-state index contributed by atoms with van der Waals surface area (Å²) in [5, 5.41) is 0. The average molecular weight is 261 g/mol. The molecule has 3 heteroatoms. The fourth-order valence-corrected chi connectivity index (χ4v) is 4.52. The van der Waals surface area contributed by atoms with Crippen LogP contribution in [-0.2, 0) is 9.59 Å². The van der Waals surface area contributed by atoms with Crippen LogP contribution in [0.15, 0.2) is 11.1 Å². The van der Waals surface area contributed by atoms with Crippen molar-refractivity contribution < 1.29 is 9.59 Å². The van der Waals surface area contributed by atoms with Gasteiger partial charge in [-0.1, -0.05) is 13.8 Å². The van der Waals surface area contributed by atoms with Gasteiger partial charge in [0, 0.05) is 17.7 Å². The van der Waals surface area contributed by atoms with Crippen LogP contribution < -0.4 is 0 Å². The van der Waals surface area contributed by atoms with Crippen molar-refractivity contribution in [3.63, 3.8) is 0 Å². The molecule has 5 unspecified atom stereocenters. The molecule has 104 valence electrons. The number of carbonyl (C=O) groups is 2. The smallest absolute Gasteiger partial charge is 0.256 e. The Balaban J connectivity index is 1.72. The molecule has 0 N–H and O–H groups in total. The molecule has 1 aliphatic heterocycles. The summed E-state index contributed by atoms with van der Waals surface area (Å²) in [6, 6.07) is 0. The van der Waals surface area contributed by atoms with E-state index in [2.05, 4.69) is 13.8 Å². The minimum absolute atomic E-state index is 0.0639. The minimum Gasteiger partial charge on any atom is -0.275 e. The number of fused-ring (bicyclic) bond motifs is 2. The van der Waals surface area contributed by atoms with Crippen molar-refractivity contribution in [2.75, 3.05) is 6.54 Å². The molecule has 3 rings (SSSR count). The molecule has 0 aromatic carbocycles. The largest absolute Gasteiger partial charge is 0.275 e. The lowest BCUT2D eigenvalue weighted by Crippen LogP contribution is -2.39. The zero-order valence-electron chi connectivity index (χ0n) is 12.3. The number of imide groups is 1. The van der Waals surface area contributed by atoms with E-state index in [1.165, 1.54) is 17.7 Å². The molecule has 3 nitrogen and oxygen atoms in total. The highest BCUT2D eigenvalue weighted by Crippen LogP contribution is 2.55. The maximum Gasteiger partial charge on any atom is 0.256 e. The first kappa shape index (κ1) is 12.9. The van der Waals surface area contributed by atoms with E-state index in [0.29, 0.717) is 29.5 Å². The van der Waals surface area contributed by atoms with Crippen LogP contribution in [0, 0.1) is 29.6 Å². The van der Waals surface area contributed by atoms with Gasteiger partial charge in [-0.15, -0.1) is 0 Å². The van der Waals surface area contributed by atoms with Crippen molar-refractivity contribution in [3.8, 4) is 0 Å². The van der Waals surface area contributed by atoms with Crippen molar-refractivity contribution in [3.05, 3.63) is 11.1 Å². The molecular weight excluding hydrogens is 238 g/mol. The fraction of sp³-hybridized carbons (Fsp3) is 0.750. The second-order valence-electron chi connectivity index (χ2n) is 6.84. The zero-order valence-corrected chi connectivity index (χ0v) is 12.3. The molecule has 1 heterocycles. The maximum atomic E-state index is 12.1. The van der Waals surface area contributed by atoms with Gasteiger partial charge in [-0.25, -0.2) is 0 Å². The number of hydrogen-bond donors (Lipinski definition) is 0. The van der Waals surface area contributed by atoms with Crippen LogP contribution in [0.25, 0.3) is 0 Å². The second kappa shape index (κ2) is 4.19. The topological polar surface area (TPSA) is 37.4 Å². The summed E-state index contributed by atoms with van der Waals surface area (Å²) in [6.07, 6.45) is 2.50. The van der Waals surface area contributed by atoms with Crippen LogP contribution in [0.2, 0.25) is 0 Å². The molecule has 3 aliphatic rings. The summed E-state index contributed by atoms with van der Waals surface area (Å²) in [5.41, 5.74) is 1.27. The summed E-state index contributed by atoms with van der Waals surface area (Å²) < 4.78 is 0. The third-order valence-corrected chi connectivity index (χ3v) is 6.15. The highest BCUT2D eigenvalue weighted by atomic mass is 16.2. The van der Waals surface area contributed by atoms with Gasteiger partial charge in [0.15, 0.2) is 0 Å². The molecule has 0 aromatic rings. The van der Waals surface area contributed by atoms with Crippen LogP contribution in [-0.4, -0.2) is 23.3 Å². The number of rotatable bonds is 2. The summed E-state index contributed by atoms with van der Waals surface area (Å²) in [4.78, 5) is 25.7. The van der Waals surface area contributed by atoms with E-state index >= 15 is 0 Å². The van der Waals surface area contributed by atoms with E-state index in [4.69, 9.17) is 0 Å². The first-order valence-electron chi connectivity index (χ1n) is 7.45. The SMILES string of the molecule is CC1=C(C)C(=O)N(CC2CC3CC2C(C)C3C)C1=O. The first-order valence-corrected chi connectivity index (χ1v) is 7.45. The Labute approximate surface area is 115 Å². The predicted octanol–water partition coefficient (Wildman–Crippen LogP) is 2.62. The molecule has 19 heavy (non-hydrogen) atoms. The van der Waals surface area contributed by atoms with Crippen molar-refractivity contribution in [2.45, 2.75) is 40.5 Å². The van der Waals surface area contributed by atoms with Crippen LogP contribution >= 0.6 is 0 Å². The van der Waals surface area contributed by atoms with Crippen LogP contribution in [0.5, 0.6) is 0 Å². The molecule has 2 saturated carbocycles. The molecule has 0 aromatic heterocycles. The predicted molar refractivity (Wildman–Crippen MR) is 73.1 cm³/mol. The molecule has 2 bridgehead atoms. The van der Waals surface area contributed by atoms with Crippen LogP contribution in [0.4, 0.5) is 0 Å². The van der Waals surface area contributed by atoms with Gasteiger partial charge in [0.2, 0.25) is 0 Å². The van der Waals surface area contributed by atoms with Gasteiger partial charge in [-0.2, -0.15) is 0 Å². The number of hydrogen-bond acceptors (Lipinski definition) is 2. The molecule has 0 radical (unpaired) electrons. The Morgan fingerprint density at radius 2 is 1.58 bits per heavy atom. The van der Waals surface area contributed by atoms with Gasteiger partial charge >= 0.3 is 0 Å². The Morgan fingerprint density at radius 1 is 1.00 bits per heavy atom. The van der Waals surface area contributed by atoms with Crippen molar-refractivity contribution in [2.24, 2.45) is 29.6 Å². The lowest BCUT2D eigenvalue weighted by Gasteiger charge is -2.33. The zero-order chi connectivity index (χ0) is 13.9. The van der Waals surface area contributed by atoms with Gasteiger partial charge in [-0.05, 0) is 56.3 Å². The third kappa shape index (κ3) is 1.70. The number of carbonyl (C=O) groups excluding carboxylic acids is 2. The minimum atomic E-state index is -0.0639. The van der Waals surface area contributed by atoms with Gasteiger partial charge < -0.3 is 0 Å². The van der Waals surface area contributed by atoms with Crippen molar-refractivity contribution in [1.82, 2.24) is 4.90 Å². The number of amides is 2. The Morgan fingerprint density at radius 3 is 2.05 bits per heavy atom. The highest BCUT2D eigenvalue weighted by molar-refractivity contribution is 6.18. The summed E-state index contributed by atoms with van der Waals surface area (Å²) in [6.45, 7) is 8.87. The lowest BCUT2D eigenvalue weighted by atomic mass is 9.75. The first-order chi connectivity index (χ1) is 8.91. The molecule has 0 spiro atoms. The third-order valence-electron chi connectivity index (χ3n) is 6.15. The highest BCUT2D eigenvalue weighted by Gasteiger charge is 2.50. The quantitative estimate of drug-likeness (QED) is 0.717. The standard InChI is InChI=1S/C16H23NO2/c1-8-9(2)14-6-12(8)5-13(14)7-17-15(18)10(3)11(4)16(17)19/h8-9,12-14H,5-7H2,1-4H3. The summed E-state index contributed by atoms with van der Waals surface area (Å²) in [7, 11) is 0. The Hall–Kier alpha value is -1.12. The molecule has 5 atom stereocenters. The van der Waals surface area contributed by atoms with Crippen molar-refractivity contribution >= 4 is 11.8 Å². The molecule has 2 amide bonds. The van der Waals surface area contributed by atoms with Crippen molar-refractivity contribution in [1.29, 1.82) is 0 Å². The fourth-order valence-electron chi connectivity index (χ4n) is 4.52. The van der Waals surface area contributed by atoms with Gasteiger partial charge in [0.1, 0.15) is 0 Å². The lowest BCUT2D eigenvalue weighted by molar-refractivity contribution is -0.138. The monoisotopic (exact) mass is 261 g/mol. The van der Waals surface area contributed by atoms with Crippen LogP contribution in [0.3, 0.4) is 0 Å². The van der Waals surface area contributed by atoms with E-state index < -0.39 is 0 Å². The molecule has 2 fully saturated rings. The van der Waals surface area contributed by atoms with E-state index in [1.807, 2.05) is 0 Å². The second-order valence-corrected chi connectivity index (χ2v) is 6.84. The van der Waals surface area contributed by atoms with E-state index in [1.54, 1.807) is 13.8 Å². The van der Waals surface area contributed by atoms with Gasteiger partial charge in [-0.3, -0.25) is 14.5 Å². The normalized spacial score (nSPS) is 41.9. The van der Waals surface area contributed by atoms with E-state index in [0.717, 1.165) is 17.8 Å². The van der Waals surface area contributed by atoms with E-state index in [9.17, 15) is 9.59 Å². The average Bonchev–Trinajstić information content (AvgIpc) is 2.97. The van der Waals surface area contributed by atoms with Gasteiger partial charge in [0.05, 0.1) is 0 Å². The maximum absolute atomic E-state index is 12.1. The van der Waals surface area contributed by atoms with Crippen LogP contribution in [0.1, 0.15) is 40.5 Å². The summed E-state index contributed by atoms with van der Waals surface area (Å²) >= 11 is 0. The molecular formula is C16H23NO2. The number of nitrogens with zero attached hydrogens (tertiary/aromatic N) is 1. The van der Waals surface area contributed by atoms with Gasteiger partial charge in [0.25, 0.3) is 11.8 Å². The van der Waals surface area contributed by atoms with E-state index in [-0.39, 0.29) is 11.8 Å². The Kier molecular flexibility index (Phi) is 2.84.